The summed E-state index contributed by atoms with van der Waals surface area (Å²) >= 11 is 0. The Bertz CT molecular complexity index is 453. The van der Waals surface area contributed by atoms with Crippen LogP contribution in [0.3, 0.4) is 0 Å². The average Bonchev–Trinajstić information content (AvgIpc) is 3.01. The Kier molecular flexibility index (Phi) is 4.55. The average molecular weight is 291 g/mol. The summed E-state index contributed by atoms with van der Waals surface area (Å²) in [5.74, 6) is 1.64. The van der Waals surface area contributed by atoms with Gasteiger partial charge in [-0.05, 0) is 26.8 Å². The molecule has 3 rings (SSSR count). The van der Waals surface area contributed by atoms with Crippen molar-refractivity contribution in [2.75, 3.05) is 44.2 Å². The monoisotopic (exact) mass is 291 g/mol. The lowest BCUT2D eigenvalue weighted by Crippen LogP contribution is -2.51. The summed E-state index contributed by atoms with van der Waals surface area (Å²) in [6.45, 7) is 10.6. The Labute approximate surface area is 126 Å². The number of rotatable bonds is 4. The van der Waals surface area contributed by atoms with Crippen LogP contribution in [0.25, 0.3) is 0 Å². The van der Waals surface area contributed by atoms with E-state index in [1.807, 2.05) is 19.9 Å². The van der Waals surface area contributed by atoms with Gasteiger partial charge in [0.25, 0.3) is 0 Å². The van der Waals surface area contributed by atoms with Crippen LogP contribution in [-0.2, 0) is 0 Å². The van der Waals surface area contributed by atoms with E-state index in [0.717, 1.165) is 51.1 Å². The van der Waals surface area contributed by atoms with Crippen molar-refractivity contribution in [2.24, 2.45) is 0 Å². The molecule has 0 unspecified atom stereocenters. The topological polar surface area (TPSA) is 53.5 Å². The fourth-order valence-electron chi connectivity index (χ4n) is 3.08. The van der Waals surface area contributed by atoms with Crippen molar-refractivity contribution in [3.63, 3.8) is 0 Å². The van der Waals surface area contributed by atoms with E-state index in [-0.39, 0.29) is 6.10 Å². The van der Waals surface area contributed by atoms with Gasteiger partial charge in [0, 0.05) is 44.8 Å². The SMILES string of the molecule is CC(C)Oc1cc(N2CCN([C@H]3CCNC3)CC2)ncn1. The maximum Gasteiger partial charge on any atom is 0.218 e. The Morgan fingerprint density at radius 2 is 2.05 bits per heavy atom. The molecule has 1 aromatic heterocycles. The quantitative estimate of drug-likeness (QED) is 0.883. The predicted octanol–water partition coefficient (Wildman–Crippen LogP) is 0.748. The molecule has 1 atom stereocenters. The molecule has 0 spiro atoms. The van der Waals surface area contributed by atoms with E-state index in [9.17, 15) is 0 Å². The summed E-state index contributed by atoms with van der Waals surface area (Å²) in [5, 5.41) is 3.45. The number of nitrogens with zero attached hydrogens (tertiary/aromatic N) is 4. The molecule has 6 nitrogen and oxygen atoms in total. The zero-order valence-corrected chi connectivity index (χ0v) is 13.0. The van der Waals surface area contributed by atoms with Crippen LogP contribution >= 0.6 is 0 Å². The van der Waals surface area contributed by atoms with E-state index in [1.165, 1.54) is 6.42 Å². The van der Waals surface area contributed by atoms with Crippen LogP contribution in [0, 0.1) is 0 Å². The molecule has 1 aromatic rings. The number of hydrogen-bond donors (Lipinski definition) is 1. The third-order valence-corrected chi connectivity index (χ3v) is 4.17. The van der Waals surface area contributed by atoms with Gasteiger partial charge in [-0.1, -0.05) is 0 Å². The van der Waals surface area contributed by atoms with E-state index < -0.39 is 0 Å². The van der Waals surface area contributed by atoms with Crippen LogP contribution in [0.2, 0.25) is 0 Å². The molecule has 3 heterocycles. The molecule has 0 aliphatic carbocycles. The number of anilines is 1. The molecule has 116 valence electrons. The van der Waals surface area contributed by atoms with E-state index in [4.69, 9.17) is 4.74 Å². The Balaban J connectivity index is 1.58. The lowest BCUT2D eigenvalue weighted by molar-refractivity contribution is 0.196. The molecule has 2 aliphatic heterocycles. The third kappa shape index (κ3) is 3.63. The van der Waals surface area contributed by atoms with E-state index in [1.54, 1.807) is 6.33 Å². The van der Waals surface area contributed by atoms with Gasteiger partial charge in [-0.25, -0.2) is 9.97 Å². The summed E-state index contributed by atoms with van der Waals surface area (Å²) in [4.78, 5) is 13.5. The van der Waals surface area contributed by atoms with E-state index in [0.29, 0.717) is 5.88 Å². The molecule has 0 saturated carbocycles. The van der Waals surface area contributed by atoms with Gasteiger partial charge in [0.1, 0.15) is 12.1 Å². The van der Waals surface area contributed by atoms with Gasteiger partial charge < -0.3 is 15.0 Å². The van der Waals surface area contributed by atoms with Crippen molar-refractivity contribution in [2.45, 2.75) is 32.4 Å². The van der Waals surface area contributed by atoms with E-state index >= 15 is 0 Å². The summed E-state index contributed by atoms with van der Waals surface area (Å²) in [6, 6.07) is 2.67. The Hall–Kier alpha value is -1.40. The molecule has 0 bridgehead atoms. The molecule has 0 radical (unpaired) electrons. The van der Waals surface area contributed by atoms with E-state index in [2.05, 4.69) is 25.1 Å². The highest BCUT2D eigenvalue weighted by molar-refractivity contribution is 5.41. The van der Waals surface area contributed by atoms with Crippen molar-refractivity contribution in [1.29, 1.82) is 0 Å². The second-order valence-corrected chi connectivity index (χ2v) is 6.05. The standard InChI is InChI=1S/C15H25N5O/c1-12(2)21-15-9-14(17-11-18-15)20-7-5-19(6-8-20)13-3-4-16-10-13/h9,11-13,16H,3-8,10H2,1-2H3/t13-/m0/s1. The van der Waals surface area contributed by atoms with Gasteiger partial charge in [-0.2, -0.15) is 0 Å². The van der Waals surface area contributed by atoms with Gasteiger partial charge in [0.05, 0.1) is 6.10 Å². The zero-order chi connectivity index (χ0) is 14.7. The maximum atomic E-state index is 5.65. The molecule has 21 heavy (non-hydrogen) atoms. The van der Waals surface area contributed by atoms with Crippen molar-refractivity contribution >= 4 is 5.82 Å². The molecule has 0 aromatic carbocycles. The molecular weight excluding hydrogens is 266 g/mol. The van der Waals surface area contributed by atoms with Gasteiger partial charge in [-0.3, -0.25) is 4.90 Å². The van der Waals surface area contributed by atoms with Crippen LogP contribution in [0.5, 0.6) is 5.88 Å². The molecule has 0 amide bonds. The van der Waals surface area contributed by atoms with Crippen LogP contribution in [-0.4, -0.2) is 66.3 Å². The van der Waals surface area contributed by atoms with Crippen molar-refractivity contribution in [1.82, 2.24) is 20.2 Å². The second-order valence-electron chi connectivity index (χ2n) is 6.05. The second kappa shape index (κ2) is 6.58. The van der Waals surface area contributed by atoms with Gasteiger partial charge in [-0.15, -0.1) is 0 Å². The van der Waals surface area contributed by atoms with Crippen LogP contribution in [0.15, 0.2) is 12.4 Å². The first-order valence-electron chi connectivity index (χ1n) is 7.91. The molecule has 1 N–H and O–H groups in total. The predicted molar refractivity (Wildman–Crippen MR) is 82.9 cm³/mol. The normalized spacial score (nSPS) is 23.8. The van der Waals surface area contributed by atoms with Gasteiger partial charge in [0.15, 0.2) is 0 Å². The minimum atomic E-state index is 0.138. The highest BCUT2D eigenvalue weighted by atomic mass is 16.5. The molecule has 2 saturated heterocycles. The number of piperazine rings is 1. The maximum absolute atomic E-state index is 5.65. The van der Waals surface area contributed by atoms with Crippen LogP contribution < -0.4 is 15.0 Å². The smallest absolute Gasteiger partial charge is 0.218 e. The fourth-order valence-corrected chi connectivity index (χ4v) is 3.08. The largest absolute Gasteiger partial charge is 0.475 e. The number of hydrogen-bond acceptors (Lipinski definition) is 6. The van der Waals surface area contributed by atoms with Crippen molar-refractivity contribution in [3.05, 3.63) is 12.4 Å². The summed E-state index contributed by atoms with van der Waals surface area (Å²) in [5.41, 5.74) is 0. The van der Waals surface area contributed by atoms with Gasteiger partial charge in [0.2, 0.25) is 5.88 Å². The first-order chi connectivity index (χ1) is 10.2. The molecule has 6 heteroatoms. The highest BCUT2D eigenvalue weighted by Gasteiger charge is 2.26. The first-order valence-corrected chi connectivity index (χ1v) is 7.91. The van der Waals surface area contributed by atoms with Crippen molar-refractivity contribution < 1.29 is 4.74 Å². The lowest BCUT2D eigenvalue weighted by Gasteiger charge is -2.38. The zero-order valence-electron chi connectivity index (χ0n) is 13.0. The first kappa shape index (κ1) is 14.5. The fraction of sp³-hybridized carbons (Fsp3) is 0.733. The molecule has 2 aliphatic rings. The van der Waals surface area contributed by atoms with Crippen molar-refractivity contribution in [3.8, 4) is 5.88 Å². The Morgan fingerprint density at radius 1 is 1.24 bits per heavy atom. The minimum absolute atomic E-state index is 0.138. The van der Waals surface area contributed by atoms with Crippen LogP contribution in [0.1, 0.15) is 20.3 Å². The lowest BCUT2D eigenvalue weighted by atomic mass is 10.2. The Morgan fingerprint density at radius 3 is 2.71 bits per heavy atom. The number of ether oxygens (including phenoxy) is 1. The summed E-state index contributed by atoms with van der Waals surface area (Å²) in [6.07, 6.45) is 3.01. The molecule has 2 fully saturated rings. The van der Waals surface area contributed by atoms with Gasteiger partial charge >= 0.3 is 0 Å². The highest BCUT2D eigenvalue weighted by Crippen LogP contribution is 2.20. The third-order valence-electron chi connectivity index (χ3n) is 4.17. The molecular formula is C15H25N5O. The van der Waals surface area contributed by atoms with Crippen LogP contribution in [0.4, 0.5) is 5.82 Å². The number of nitrogens with one attached hydrogen (secondary N) is 1. The summed E-state index contributed by atoms with van der Waals surface area (Å²) < 4.78 is 5.65. The number of aromatic nitrogens is 2. The minimum Gasteiger partial charge on any atom is -0.475 e. The summed E-state index contributed by atoms with van der Waals surface area (Å²) in [7, 11) is 0.